The summed E-state index contributed by atoms with van der Waals surface area (Å²) >= 11 is 7.00. The first kappa shape index (κ1) is 44.3. The molecular formula is C36H49Br4N4+. The van der Waals surface area contributed by atoms with Gasteiger partial charge in [0, 0.05) is 10.7 Å². The van der Waals surface area contributed by atoms with Crippen molar-refractivity contribution in [2.24, 2.45) is 0 Å². The summed E-state index contributed by atoms with van der Waals surface area (Å²) in [6.07, 6.45) is 29.5. The highest BCUT2D eigenvalue weighted by atomic mass is 79.9. The minimum Gasteiger partial charge on any atom is -1.00 e. The Morgan fingerprint density at radius 1 is 0.500 bits per heavy atom. The van der Waals surface area contributed by atoms with Crippen molar-refractivity contribution in [2.75, 3.05) is 10.7 Å². The zero-order chi connectivity index (χ0) is 30.4. The molecular weight excluding hydrogens is 808 g/mol. The van der Waals surface area contributed by atoms with Crippen LogP contribution in [0.25, 0.3) is 0 Å². The SMILES string of the molecule is Br.BrCCC[n+]1ccn(CCCCCCCCCCCCn2cc[n+](CCCBr)c2)c1.CC#CC#CC#CC#CC#CC.[Br-]. The lowest BCUT2D eigenvalue weighted by Gasteiger charge is -2.02. The summed E-state index contributed by atoms with van der Waals surface area (Å²) in [6.45, 7) is 8.00. The van der Waals surface area contributed by atoms with E-state index in [1.807, 2.05) is 0 Å². The highest BCUT2D eigenvalue weighted by Gasteiger charge is 2.04. The number of halogens is 4. The molecule has 0 aliphatic heterocycles. The Morgan fingerprint density at radius 2 is 0.818 bits per heavy atom. The number of imidazole rings is 2. The van der Waals surface area contributed by atoms with Gasteiger partial charge in [0.25, 0.3) is 0 Å². The van der Waals surface area contributed by atoms with E-state index < -0.39 is 0 Å². The molecule has 0 aliphatic rings. The van der Waals surface area contributed by atoms with Crippen molar-refractivity contribution in [3.8, 4) is 59.2 Å². The van der Waals surface area contributed by atoms with Gasteiger partial charge in [-0.05, 0) is 99.7 Å². The molecule has 0 aromatic carbocycles. The Bertz CT molecular complexity index is 1190. The lowest BCUT2D eigenvalue weighted by Crippen LogP contribution is -3.00. The zero-order valence-corrected chi connectivity index (χ0v) is 33.0. The predicted octanol–water partition coefficient (Wildman–Crippen LogP) is 4.66. The van der Waals surface area contributed by atoms with E-state index >= 15 is 0 Å². The lowest BCUT2D eigenvalue weighted by atomic mass is 10.1. The van der Waals surface area contributed by atoms with Crippen LogP contribution in [0.4, 0.5) is 0 Å². The molecule has 0 saturated heterocycles. The van der Waals surface area contributed by atoms with Crippen LogP contribution in [-0.2, 0) is 26.2 Å². The molecule has 0 amide bonds. The van der Waals surface area contributed by atoms with Crippen molar-refractivity contribution in [3.05, 3.63) is 37.4 Å². The molecule has 2 aromatic heterocycles. The first-order valence-corrected chi connectivity index (χ1v) is 17.5. The van der Waals surface area contributed by atoms with Gasteiger partial charge < -0.3 is 17.0 Å². The van der Waals surface area contributed by atoms with Crippen LogP contribution in [0.2, 0.25) is 0 Å². The average molecular weight is 857 g/mol. The molecule has 0 unspecified atom stereocenters. The van der Waals surface area contributed by atoms with Crippen LogP contribution in [0.3, 0.4) is 0 Å². The second-order valence-electron chi connectivity index (χ2n) is 9.90. The third kappa shape index (κ3) is 26.5. The van der Waals surface area contributed by atoms with Gasteiger partial charge in [-0.25, -0.2) is 18.3 Å². The first-order chi connectivity index (χ1) is 20.7. The van der Waals surface area contributed by atoms with Crippen LogP contribution in [-0.4, -0.2) is 19.8 Å². The maximum absolute atomic E-state index is 3.50. The van der Waals surface area contributed by atoms with Crippen LogP contribution in [0.15, 0.2) is 37.4 Å². The van der Waals surface area contributed by atoms with Gasteiger partial charge in [-0.1, -0.05) is 82.2 Å². The summed E-state index contributed by atoms with van der Waals surface area (Å²) in [5, 5.41) is 2.16. The van der Waals surface area contributed by atoms with E-state index in [-0.39, 0.29) is 34.0 Å². The normalized spacial score (nSPS) is 8.82. The van der Waals surface area contributed by atoms with Gasteiger partial charge in [0.05, 0.1) is 26.2 Å². The minimum atomic E-state index is 0. The molecule has 2 heterocycles. The third-order valence-corrected chi connectivity index (χ3v) is 7.48. The van der Waals surface area contributed by atoms with Crippen LogP contribution in [0.5, 0.6) is 0 Å². The summed E-state index contributed by atoms with van der Waals surface area (Å²) in [5.41, 5.74) is 0. The fourth-order valence-corrected chi connectivity index (χ4v) is 4.71. The number of unbranched alkanes of at least 4 members (excludes halogenated alkanes) is 9. The largest absolute Gasteiger partial charge is 1.00 e. The van der Waals surface area contributed by atoms with Crippen LogP contribution >= 0.6 is 48.8 Å². The van der Waals surface area contributed by atoms with E-state index in [2.05, 4.69) is 147 Å². The molecule has 2 aromatic rings. The number of nitrogens with zero attached hydrogens (tertiary/aromatic N) is 4. The molecule has 0 saturated carbocycles. The second kappa shape index (κ2) is 34.0. The summed E-state index contributed by atoms with van der Waals surface area (Å²) < 4.78 is 9.26. The molecule has 44 heavy (non-hydrogen) atoms. The Labute approximate surface area is 306 Å². The van der Waals surface area contributed by atoms with E-state index in [9.17, 15) is 0 Å². The molecule has 0 spiro atoms. The van der Waals surface area contributed by atoms with Crippen molar-refractivity contribution in [3.63, 3.8) is 0 Å². The number of hydrogen-bond acceptors (Lipinski definition) is 0. The highest BCUT2D eigenvalue weighted by Crippen LogP contribution is 2.11. The van der Waals surface area contributed by atoms with Gasteiger partial charge >= 0.3 is 0 Å². The topological polar surface area (TPSA) is 17.6 Å². The Morgan fingerprint density at radius 3 is 1.14 bits per heavy atom. The maximum Gasteiger partial charge on any atom is 0.243 e. The summed E-state index contributed by atoms with van der Waals surface area (Å²) in [7, 11) is 0. The van der Waals surface area contributed by atoms with E-state index in [1.54, 1.807) is 13.8 Å². The van der Waals surface area contributed by atoms with Crippen molar-refractivity contribution in [1.29, 1.82) is 0 Å². The molecule has 240 valence electrons. The number of aromatic nitrogens is 4. The van der Waals surface area contributed by atoms with E-state index in [0.717, 1.165) is 23.7 Å². The summed E-state index contributed by atoms with van der Waals surface area (Å²) in [4.78, 5) is 0. The Hall–Kier alpha value is -1.86. The molecule has 0 fully saturated rings. The van der Waals surface area contributed by atoms with E-state index in [0.29, 0.717) is 0 Å². The number of hydrogen-bond donors (Lipinski definition) is 0. The van der Waals surface area contributed by atoms with Crippen LogP contribution in [0.1, 0.15) is 90.9 Å². The van der Waals surface area contributed by atoms with Crippen LogP contribution < -0.4 is 26.1 Å². The van der Waals surface area contributed by atoms with Gasteiger partial charge in [-0.2, -0.15) is 0 Å². The zero-order valence-electron chi connectivity index (χ0n) is 26.5. The lowest BCUT2D eigenvalue weighted by molar-refractivity contribution is -0.696. The standard InChI is InChI=1S/C24H42Br2N4.C12H6.2BrH/c25-13-11-17-29-21-19-27(23-29)15-9-7-5-3-1-2-4-6-8-10-16-28-20-22-30(24-28)18-12-14-26;1-3-5-7-9-11-12-10-8-6-4-2;;/h19-24H,1-18H2;1-2H3;2*1H/q+2;;;/p-1. The van der Waals surface area contributed by atoms with Crippen LogP contribution in [0, 0.1) is 59.2 Å². The van der Waals surface area contributed by atoms with E-state index in [4.69, 9.17) is 0 Å². The molecule has 0 N–H and O–H groups in total. The average Bonchev–Trinajstić information content (AvgIpc) is 3.66. The molecule has 0 radical (unpaired) electrons. The van der Waals surface area contributed by atoms with Gasteiger partial charge in [0.2, 0.25) is 12.7 Å². The van der Waals surface area contributed by atoms with Gasteiger partial charge in [-0.3, -0.25) is 0 Å². The monoisotopic (exact) mass is 853 g/mol. The Kier molecular flexibility index (Phi) is 34.2. The smallest absolute Gasteiger partial charge is 0.243 e. The fraction of sp³-hybridized carbons (Fsp3) is 0.556. The molecule has 0 aliphatic carbocycles. The van der Waals surface area contributed by atoms with Crippen molar-refractivity contribution < 1.29 is 26.1 Å². The number of alkyl halides is 2. The van der Waals surface area contributed by atoms with Crippen molar-refractivity contribution in [2.45, 2.75) is 117 Å². The third-order valence-electron chi connectivity index (χ3n) is 6.36. The van der Waals surface area contributed by atoms with Gasteiger partial charge in [0.15, 0.2) is 0 Å². The maximum atomic E-state index is 3.50. The second-order valence-corrected chi connectivity index (χ2v) is 11.5. The number of rotatable bonds is 19. The molecule has 0 bridgehead atoms. The number of aryl methyl sites for hydroxylation is 4. The van der Waals surface area contributed by atoms with Crippen molar-refractivity contribution in [1.82, 2.24) is 9.13 Å². The molecule has 8 heteroatoms. The molecule has 4 nitrogen and oxygen atoms in total. The van der Waals surface area contributed by atoms with Crippen molar-refractivity contribution >= 4 is 48.8 Å². The minimum absolute atomic E-state index is 0. The fourth-order valence-electron chi connectivity index (χ4n) is 4.21. The molecule has 0 atom stereocenters. The predicted molar refractivity (Wildman–Crippen MR) is 193 cm³/mol. The highest BCUT2D eigenvalue weighted by molar-refractivity contribution is 9.09. The molecule has 2 rings (SSSR count). The first-order valence-electron chi connectivity index (χ1n) is 15.3. The van der Waals surface area contributed by atoms with E-state index in [1.165, 1.54) is 90.1 Å². The quantitative estimate of drug-likeness (QED) is 0.0849. The van der Waals surface area contributed by atoms with Gasteiger partial charge in [0.1, 0.15) is 24.8 Å². The van der Waals surface area contributed by atoms with Gasteiger partial charge in [-0.15, -0.1) is 17.0 Å². The summed E-state index contributed by atoms with van der Waals surface area (Å²) in [5.74, 6) is 25.6. The summed E-state index contributed by atoms with van der Waals surface area (Å²) in [6, 6.07) is 0. The Balaban J connectivity index is 0.